The van der Waals surface area contributed by atoms with Crippen LogP contribution in [0.4, 0.5) is 15.3 Å². The predicted molar refractivity (Wildman–Crippen MR) is 145 cm³/mol. The largest absolute Gasteiger partial charge is 0.464 e. The third kappa shape index (κ3) is 6.73. The summed E-state index contributed by atoms with van der Waals surface area (Å²) < 4.78 is 6.89. The van der Waals surface area contributed by atoms with Gasteiger partial charge in [-0.25, -0.2) is 19.1 Å². The summed E-state index contributed by atoms with van der Waals surface area (Å²) in [5.74, 6) is -0.607. The maximum atomic E-state index is 13.3. The van der Waals surface area contributed by atoms with Crippen molar-refractivity contribution < 1.29 is 29.0 Å². The summed E-state index contributed by atoms with van der Waals surface area (Å²) in [6, 6.07) is 7.26. The van der Waals surface area contributed by atoms with Crippen LogP contribution in [0.3, 0.4) is 0 Å². The van der Waals surface area contributed by atoms with E-state index in [4.69, 9.17) is 5.73 Å². The van der Waals surface area contributed by atoms with E-state index in [2.05, 4.69) is 20.4 Å². The van der Waals surface area contributed by atoms with Crippen molar-refractivity contribution in [3.8, 4) is 0 Å². The van der Waals surface area contributed by atoms with E-state index in [0.29, 0.717) is 17.0 Å². The van der Waals surface area contributed by atoms with Gasteiger partial charge in [-0.2, -0.15) is 0 Å². The topological polar surface area (TPSA) is 188 Å². The first-order valence-electron chi connectivity index (χ1n) is 12.7. The lowest BCUT2D eigenvalue weighted by Gasteiger charge is -2.17. The molecule has 1 aromatic carbocycles. The van der Waals surface area contributed by atoms with Crippen LogP contribution in [0.2, 0.25) is 0 Å². The van der Waals surface area contributed by atoms with Gasteiger partial charge in [-0.15, -0.1) is 0 Å². The molecule has 1 aliphatic carbocycles. The van der Waals surface area contributed by atoms with Gasteiger partial charge < -0.3 is 30.8 Å². The van der Waals surface area contributed by atoms with E-state index >= 15 is 0 Å². The molecule has 1 unspecified atom stereocenters. The second-order valence-corrected chi connectivity index (χ2v) is 9.49. The Bertz CT molecular complexity index is 1540. The number of ether oxygens (including phenoxy) is 1. The summed E-state index contributed by atoms with van der Waals surface area (Å²) in [4.78, 5) is 65.7. The van der Waals surface area contributed by atoms with E-state index in [0.717, 1.165) is 42.6 Å². The number of nitrogens with zero attached hydrogens (tertiary/aromatic N) is 3. The van der Waals surface area contributed by atoms with Crippen molar-refractivity contribution in [2.24, 2.45) is 11.7 Å². The Morgan fingerprint density at radius 2 is 2.00 bits per heavy atom. The highest BCUT2D eigenvalue weighted by Gasteiger charge is 2.25. The molecule has 2 aromatic heterocycles. The van der Waals surface area contributed by atoms with Crippen molar-refractivity contribution in [1.82, 2.24) is 19.4 Å². The Morgan fingerprint density at radius 3 is 2.67 bits per heavy atom. The van der Waals surface area contributed by atoms with Crippen molar-refractivity contribution in [2.75, 3.05) is 12.4 Å². The quantitative estimate of drug-likeness (QED) is 0.261. The fraction of sp³-hybridized carbons (Fsp3) is 0.333. The van der Waals surface area contributed by atoms with Crippen LogP contribution in [0.25, 0.3) is 11.0 Å². The average molecular weight is 551 g/mol. The number of imidazole rings is 1. The summed E-state index contributed by atoms with van der Waals surface area (Å²) in [7, 11) is 1.15. The van der Waals surface area contributed by atoms with Gasteiger partial charge in [-0.05, 0) is 67.9 Å². The number of carbonyl (C=O) groups excluding carboxylic acids is 3. The van der Waals surface area contributed by atoms with Gasteiger partial charge in [0.2, 0.25) is 11.8 Å². The van der Waals surface area contributed by atoms with Gasteiger partial charge in [0.05, 0.1) is 24.7 Å². The Kier molecular flexibility index (Phi) is 8.62. The number of amides is 3. The van der Waals surface area contributed by atoms with E-state index in [-0.39, 0.29) is 30.9 Å². The molecule has 0 saturated heterocycles. The third-order valence-corrected chi connectivity index (χ3v) is 6.52. The second-order valence-electron chi connectivity index (χ2n) is 9.49. The number of nitrogens with one attached hydrogen (secondary N) is 2. The molecule has 13 nitrogen and oxygen atoms in total. The molecule has 1 atom stereocenters. The van der Waals surface area contributed by atoms with E-state index in [1.807, 2.05) is 6.07 Å². The molecule has 4 rings (SSSR count). The first-order chi connectivity index (χ1) is 19.2. The molecule has 3 aromatic rings. The van der Waals surface area contributed by atoms with Crippen LogP contribution < -0.4 is 21.9 Å². The molecule has 0 radical (unpaired) electrons. The number of anilines is 1. The maximum Gasteiger partial charge on any atom is 0.417 e. The number of methoxy groups -OCH3 is 1. The van der Waals surface area contributed by atoms with Gasteiger partial charge in [0.1, 0.15) is 17.6 Å². The first kappa shape index (κ1) is 28.1. The lowest BCUT2D eigenvalue weighted by molar-refractivity contribution is -0.118. The fourth-order valence-corrected chi connectivity index (χ4v) is 4.38. The summed E-state index contributed by atoms with van der Waals surface area (Å²) in [5.41, 5.74) is 6.39. The minimum Gasteiger partial charge on any atom is -0.464 e. The van der Waals surface area contributed by atoms with E-state index < -0.39 is 35.6 Å². The van der Waals surface area contributed by atoms with Crippen molar-refractivity contribution in [2.45, 2.75) is 44.7 Å². The monoisotopic (exact) mass is 550 g/mol. The van der Waals surface area contributed by atoms with E-state index in [1.165, 1.54) is 29.0 Å². The molecule has 5 N–H and O–H groups in total. The maximum absolute atomic E-state index is 13.3. The van der Waals surface area contributed by atoms with E-state index in [1.54, 1.807) is 12.1 Å². The average Bonchev–Trinajstić information content (AvgIpc) is 3.65. The Hall–Kier alpha value is -4.94. The van der Waals surface area contributed by atoms with Crippen LogP contribution >= 0.6 is 0 Å². The number of hydrogen-bond acceptors (Lipinski definition) is 7. The molecule has 0 spiro atoms. The summed E-state index contributed by atoms with van der Waals surface area (Å²) >= 11 is 0. The number of allylic oxidation sites excluding steroid dienone is 1. The number of primary amides is 1. The highest BCUT2D eigenvalue weighted by molar-refractivity contribution is 5.96. The van der Waals surface area contributed by atoms with Crippen LogP contribution in [0, 0.1) is 5.92 Å². The number of aromatic nitrogens is 3. The molecular weight excluding hydrogens is 520 g/mol. The number of nitrogens with two attached hydrogens (primary N) is 1. The Labute approximate surface area is 228 Å². The number of carboxylic acid groups (broad SMARTS) is 1. The molecule has 210 valence electrons. The molecule has 0 aliphatic heterocycles. The summed E-state index contributed by atoms with van der Waals surface area (Å²) in [6.45, 7) is -0.159. The normalized spacial score (nSPS) is 13.7. The molecule has 13 heteroatoms. The number of alkyl carbamates (subject to hydrolysis) is 1. The molecule has 1 aliphatic rings. The summed E-state index contributed by atoms with van der Waals surface area (Å²) in [5, 5.41) is 14.8. The molecule has 2 heterocycles. The minimum atomic E-state index is -1.22. The van der Waals surface area contributed by atoms with Crippen LogP contribution in [0.5, 0.6) is 0 Å². The molecular formula is C27H30N6O7. The number of benzene rings is 1. The zero-order valence-electron chi connectivity index (χ0n) is 21.8. The molecule has 3 amide bonds. The van der Waals surface area contributed by atoms with Crippen molar-refractivity contribution in [3.63, 3.8) is 0 Å². The number of pyridine rings is 1. The van der Waals surface area contributed by atoms with Crippen LogP contribution in [-0.2, 0) is 27.3 Å². The molecule has 1 saturated carbocycles. The van der Waals surface area contributed by atoms with Crippen molar-refractivity contribution in [1.29, 1.82) is 0 Å². The van der Waals surface area contributed by atoms with Gasteiger partial charge in [0, 0.05) is 6.20 Å². The van der Waals surface area contributed by atoms with Crippen LogP contribution in [0.1, 0.15) is 37.1 Å². The van der Waals surface area contributed by atoms with Crippen molar-refractivity contribution in [3.05, 3.63) is 70.4 Å². The molecule has 1 fully saturated rings. The van der Waals surface area contributed by atoms with Crippen LogP contribution in [0.15, 0.2) is 53.5 Å². The minimum absolute atomic E-state index is 0.0794. The number of fused-ring (bicyclic) bond motifs is 1. The van der Waals surface area contributed by atoms with Gasteiger partial charge in [-0.3, -0.25) is 14.4 Å². The summed E-state index contributed by atoms with van der Waals surface area (Å²) in [6.07, 6.45) is 5.41. The first-order valence-corrected chi connectivity index (χ1v) is 12.7. The number of rotatable bonds is 11. The zero-order valence-corrected chi connectivity index (χ0v) is 21.8. The Morgan fingerprint density at radius 1 is 1.23 bits per heavy atom. The Balaban J connectivity index is 1.58. The second kappa shape index (κ2) is 12.3. The van der Waals surface area contributed by atoms with Crippen LogP contribution in [-0.4, -0.2) is 56.4 Å². The van der Waals surface area contributed by atoms with E-state index in [9.17, 15) is 29.1 Å². The molecule has 40 heavy (non-hydrogen) atoms. The third-order valence-electron chi connectivity index (χ3n) is 6.52. The number of para-hydroxylation sites is 1. The number of hydrogen-bond donors (Lipinski definition) is 4. The van der Waals surface area contributed by atoms with Gasteiger partial charge in [-0.1, -0.05) is 18.2 Å². The van der Waals surface area contributed by atoms with Crippen molar-refractivity contribution >= 4 is 40.7 Å². The zero-order chi connectivity index (χ0) is 28.8. The SMILES string of the molecule is COC(=O)NC(CC/C=C/C(N)=O)C(=O)Nc1cccn(Cc2nc3c(CC4CC4)cccc3n2C(=O)O)c1=O. The standard InChI is InChI=1S/C27H30N6O7/c1-40-26(37)30-18(7-2-3-10-21(28)34)24(35)29-19-8-5-13-32(25(19)36)15-22-31-23-17(14-16-11-12-16)6-4-9-20(23)33(22)27(38)39/h3-6,8-10,13,16,18H,2,7,11-12,14-15H2,1H3,(H2,28,34)(H,29,35)(H,30,37)(H,38,39)/b10-3+. The predicted octanol–water partition coefficient (Wildman–Crippen LogP) is 2.21. The van der Waals surface area contributed by atoms with Gasteiger partial charge in [0.25, 0.3) is 5.56 Å². The smallest absolute Gasteiger partial charge is 0.417 e. The number of carbonyl (C=O) groups is 4. The fourth-order valence-electron chi connectivity index (χ4n) is 4.38. The lowest BCUT2D eigenvalue weighted by atomic mass is 10.1. The molecule has 0 bridgehead atoms. The highest BCUT2D eigenvalue weighted by atomic mass is 16.5. The lowest BCUT2D eigenvalue weighted by Crippen LogP contribution is -2.44. The van der Waals surface area contributed by atoms with Gasteiger partial charge in [0.15, 0.2) is 0 Å². The van der Waals surface area contributed by atoms with Gasteiger partial charge >= 0.3 is 12.2 Å². The highest BCUT2D eigenvalue weighted by Crippen LogP contribution is 2.34.